The summed E-state index contributed by atoms with van der Waals surface area (Å²) in [6.07, 6.45) is -2.41. The molecule has 0 heterocycles. The van der Waals surface area contributed by atoms with Crippen molar-refractivity contribution in [3.63, 3.8) is 0 Å². The number of aliphatic hydroxyl groups is 4. The van der Waals surface area contributed by atoms with E-state index in [1.54, 1.807) is 13.8 Å². The van der Waals surface area contributed by atoms with E-state index in [1.165, 1.54) is 11.5 Å². The predicted octanol–water partition coefficient (Wildman–Crippen LogP) is 7.16. The average molecular weight is 609 g/mol. The summed E-state index contributed by atoms with van der Waals surface area (Å²) in [6.45, 7) is 7.34. The number of fused-ring (bicyclic) bond motifs is 1. The summed E-state index contributed by atoms with van der Waals surface area (Å²) in [6, 6.07) is 0. The average Bonchev–Trinajstić information content (AvgIpc) is 3.18. The van der Waals surface area contributed by atoms with Crippen molar-refractivity contribution in [3.8, 4) is 11.8 Å². The Kier molecular flexibility index (Phi) is 10.4. The lowest BCUT2D eigenvalue weighted by molar-refractivity contribution is -0.343. The van der Waals surface area contributed by atoms with E-state index < -0.39 is 41.2 Å². The number of rotatable bonds is 7. The van der Waals surface area contributed by atoms with Crippen LogP contribution in [0.15, 0.2) is 23.3 Å². The molecule has 3 rings (SSSR count). The van der Waals surface area contributed by atoms with Crippen molar-refractivity contribution in [1.29, 1.82) is 0 Å². The molecule has 240 valence electrons. The minimum atomic E-state index is -6.00. The van der Waals surface area contributed by atoms with Crippen LogP contribution in [-0.2, 0) is 0 Å². The fraction of sp³-hybridized carbons (Fsp3) is 0.812. The van der Waals surface area contributed by atoms with Gasteiger partial charge in [0, 0.05) is 6.42 Å². The van der Waals surface area contributed by atoms with Crippen LogP contribution >= 0.6 is 0 Å². The second kappa shape index (κ2) is 12.5. The molecular weight excluding hydrogens is 562 g/mol. The lowest BCUT2D eigenvalue weighted by Crippen LogP contribution is -2.55. The smallest absolute Gasteiger partial charge is 0.393 e. The van der Waals surface area contributed by atoms with Crippen molar-refractivity contribution in [2.45, 2.75) is 141 Å². The maximum Gasteiger partial charge on any atom is 0.438 e. The van der Waals surface area contributed by atoms with Crippen molar-refractivity contribution in [1.82, 2.24) is 0 Å². The number of allylic oxidation sites excluding steroid dienone is 3. The molecule has 42 heavy (non-hydrogen) atoms. The first-order valence-corrected chi connectivity index (χ1v) is 14.9. The van der Waals surface area contributed by atoms with Crippen molar-refractivity contribution in [2.75, 3.05) is 0 Å². The van der Waals surface area contributed by atoms with Crippen LogP contribution in [-0.4, -0.2) is 56.2 Å². The van der Waals surface area contributed by atoms with E-state index in [0.717, 1.165) is 37.7 Å². The molecule has 0 spiro atoms. The van der Waals surface area contributed by atoms with E-state index in [1.807, 2.05) is 13.0 Å². The van der Waals surface area contributed by atoms with Crippen LogP contribution in [0, 0.1) is 34.5 Å². The molecule has 0 aliphatic heterocycles. The third-order valence-electron chi connectivity index (χ3n) is 10.00. The largest absolute Gasteiger partial charge is 0.438 e. The summed E-state index contributed by atoms with van der Waals surface area (Å²) in [5.41, 5.74) is -4.88. The van der Waals surface area contributed by atoms with Gasteiger partial charge in [0.1, 0.15) is 0 Å². The van der Waals surface area contributed by atoms with Gasteiger partial charge in [0.2, 0.25) is 0 Å². The summed E-state index contributed by atoms with van der Waals surface area (Å²) < 4.78 is 79.7. The Balaban J connectivity index is 1.93. The van der Waals surface area contributed by atoms with Gasteiger partial charge in [0.15, 0.2) is 0 Å². The molecule has 0 aromatic heterocycles. The zero-order chi connectivity index (χ0) is 31.8. The Hall–Kier alpha value is -1.54. The third-order valence-corrected chi connectivity index (χ3v) is 10.00. The minimum absolute atomic E-state index is 0.0503. The molecule has 4 nitrogen and oxygen atoms in total. The quantitative estimate of drug-likeness (QED) is 0.183. The lowest BCUT2D eigenvalue weighted by Gasteiger charge is -2.49. The molecule has 3 fully saturated rings. The summed E-state index contributed by atoms with van der Waals surface area (Å²) in [5, 5.41) is 39.9. The van der Waals surface area contributed by atoms with Gasteiger partial charge in [-0.05, 0) is 107 Å². The molecule has 10 heteroatoms. The normalized spacial score (nSPS) is 31.8. The first-order valence-electron chi connectivity index (χ1n) is 14.9. The Labute approximate surface area is 245 Å². The van der Waals surface area contributed by atoms with E-state index in [4.69, 9.17) is 0 Å². The molecule has 1 unspecified atom stereocenters. The number of aliphatic hydroxyl groups excluding tert-OH is 2. The SMILES string of the molecule is CC(C)(O)CCC[C@](C)(CC#CC(O)(C(F)(F)F)C(F)(F)F)[C@H]1CCC2C(=CC=C3C[C@@H](O)C[C@H](O)C3)CCC[C@@]21C. The fourth-order valence-corrected chi connectivity index (χ4v) is 7.90. The highest BCUT2D eigenvalue weighted by molar-refractivity contribution is 5.27. The molecule has 0 aromatic carbocycles. The van der Waals surface area contributed by atoms with Crippen LogP contribution in [0.3, 0.4) is 0 Å². The molecule has 4 N–H and O–H groups in total. The Bertz CT molecular complexity index is 1050. The Morgan fingerprint density at radius 3 is 2.05 bits per heavy atom. The van der Waals surface area contributed by atoms with Crippen molar-refractivity contribution >= 4 is 0 Å². The number of halogens is 6. The summed E-state index contributed by atoms with van der Waals surface area (Å²) >= 11 is 0. The minimum Gasteiger partial charge on any atom is -0.393 e. The Morgan fingerprint density at radius 1 is 0.905 bits per heavy atom. The van der Waals surface area contributed by atoms with E-state index in [0.29, 0.717) is 38.5 Å². The first kappa shape index (κ1) is 34.9. The second-order valence-electron chi connectivity index (χ2n) is 14.1. The molecular formula is C32H46F6O4. The first-order chi connectivity index (χ1) is 19.1. The van der Waals surface area contributed by atoms with E-state index in [9.17, 15) is 46.8 Å². The van der Waals surface area contributed by atoms with Crippen LogP contribution in [0.1, 0.15) is 105 Å². The van der Waals surface area contributed by atoms with Gasteiger partial charge in [-0.3, -0.25) is 0 Å². The summed E-state index contributed by atoms with van der Waals surface area (Å²) in [7, 11) is 0. The predicted molar refractivity (Wildman–Crippen MR) is 148 cm³/mol. The van der Waals surface area contributed by atoms with E-state index in [-0.39, 0.29) is 23.7 Å². The zero-order valence-electron chi connectivity index (χ0n) is 25.0. The van der Waals surface area contributed by atoms with E-state index in [2.05, 4.69) is 18.9 Å². The molecule has 0 amide bonds. The molecule has 0 radical (unpaired) electrons. The van der Waals surface area contributed by atoms with Crippen LogP contribution in [0.25, 0.3) is 0 Å². The van der Waals surface area contributed by atoms with E-state index >= 15 is 0 Å². The molecule has 0 aromatic rings. The van der Waals surface area contributed by atoms with Crippen molar-refractivity contribution in [3.05, 3.63) is 23.3 Å². The molecule has 3 aliphatic rings. The topological polar surface area (TPSA) is 80.9 Å². The van der Waals surface area contributed by atoms with Gasteiger partial charge < -0.3 is 20.4 Å². The van der Waals surface area contributed by atoms with Crippen LogP contribution < -0.4 is 0 Å². The van der Waals surface area contributed by atoms with Crippen molar-refractivity contribution < 1.29 is 46.8 Å². The third kappa shape index (κ3) is 7.75. The lowest BCUT2D eigenvalue weighted by atomic mass is 9.55. The van der Waals surface area contributed by atoms with Crippen LogP contribution in [0.2, 0.25) is 0 Å². The second-order valence-corrected chi connectivity index (χ2v) is 14.1. The highest BCUT2D eigenvalue weighted by Crippen LogP contribution is 2.63. The monoisotopic (exact) mass is 608 g/mol. The maximum absolute atomic E-state index is 13.3. The summed E-state index contributed by atoms with van der Waals surface area (Å²) in [4.78, 5) is 0. The number of alkyl halides is 6. The molecule has 0 bridgehead atoms. The highest BCUT2D eigenvalue weighted by atomic mass is 19.4. The number of hydrogen-bond donors (Lipinski definition) is 4. The van der Waals surface area contributed by atoms with Crippen molar-refractivity contribution in [2.24, 2.45) is 22.7 Å². The fourth-order valence-electron chi connectivity index (χ4n) is 7.90. The molecule has 0 saturated heterocycles. The molecule has 3 aliphatic carbocycles. The highest BCUT2D eigenvalue weighted by Gasteiger charge is 2.70. The van der Waals surface area contributed by atoms with Gasteiger partial charge in [0.25, 0.3) is 0 Å². The Morgan fingerprint density at radius 2 is 1.50 bits per heavy atom. The van der Waals surface area contributed by atoms with Gasteiger partial charge in [-0.1, -0.05) is 49.5 Å². The van der Waals surface area contributed by atoms with Gasteiger partial charge in [-0.15, -0.1) is 0 Å². The van der Waals surface area contributed by atoms with Gasteiger partial charge in [-0.25, -0.2) is 0 Å². The van der Waals surface area contributed by atoms with Crippen LogP contribution in [0.4, 0.5) is 26.3 Å². The standard InChI is InChI=1S/C32H46F6O4/c1-27(2,41)13-6-14-28(3,15-7-17-30(42,31(33,34)35)32(36,37)38)26-12-11-25-22(8-5-16-29(25,26)4)10-9-21-18-23(39)20-24(40)19-21/h9-10,23-26,39-42H,5-6,8,11-16,18-20H2,1-4H3/t23-,24-,25?,26-,28-,29+/m1/s1. The van der Waals surface area contributed by atoms with Gasteiger partial charge >= 0.3 is 18.0 Å². The van der Waals surface area contributed by atoms with Gasteiger partial charge in [0.05, 0.1) is 17.8 Å². The zero-order valence-corrected chi connectivity index (χ0v) is 25.0. The maximum atomic E-state index is 13.3. The van der Waals surface area contributed by atoms with Crippen LogP contribution in [0.5, 0.6) is 0 Å². The van der Waals surface area contributed by atoms with Gasteiger partial charge in [-0.2, -0.15) is 26.3 Å². The molecule has 3 saturated carbocycles. The number of hydrogen-bond acceptors (Lipinski definition) is 4. The summed E-state index contributed by atoms with van der Waals surface area (Å²) in [5.74, 6) is 3.42. The molecule has 6 atom stereocenters.